The maximum absolute atomic E-state index is 13.0. The van der Waals surface area contributed by atoms with Crippen LogP contribution in [0.5, 0.6) is 0 Å². The van der Waals surface area contributed by atoms with Crippen molar-refractivity contribution < 1.29 is 14.8 Å². The molecule has 1 aliphatic heterocycles. The summed E-state index contributed by atoms with van der Waals surface area (Å²) in [5, 5.41) is 12.2. The lowest BCUT2D eigenvalue weighted by atomic mass is 9.95. The summed E-state index contributed by atoms with van der Waals surface area (Å²) < 4.78 is 3.96. The quantitative estimate of drug-likeness (QED) is 0.431. The maximum atomic E-state index is 13.0. The van der Waals surface area contributed by atoms with E-state index in [1.807, 2.05) is 84.0 Å². The topological polar surface area (TPSA) is 67.5 Å². The zero-order valence-corrected chi connectivity index (χ0v) is 16.1. The molecule has 1 N–H and O–H groups in total. The van der Waals surface area contributed by atoms with Gasteiger partial charge in [0.15, 0.2) is 0 Å². The Labute approximate surface area is 166 Å². The number of fused-ring (bicyclic) bond motifs is 2. The second-order valence-corrected chi connectivity index (χ2v) is 7.19. The molecule has 0 saturated carbocycles. The number of hydrogen-bond acceptors (Lipinski definition) is 3. The zero-order chi connectivity index (χ0) is 20.3. The molecule has 5 rings (SSSR count). The van der Waals surface area contributed by atoms with Gasteiger partial charge in [-0.1, -0.05) is 36.4 Å². The number of carbonyl (C=O) groups excluding carboxylic acids is 2. The van der Waals surface area contributed by atoms with Crippen LogP contribution in [0.25, 0.3) is 33.0 Å². The van der Waals surface area contributed by atoms with E-state index in [0.717, 1.165) is 28.4 Å². The molecule has 0 spiro atoms. The second kappa shape index (κ2) is 6.18. The van der Waals surface area contributed by atoms with E-state index < -0.39 is 11.8 Å². The summed E-state index contributed by atoms with van der Waals surface area (Å²) in [7, 11) is 1.90. The molecule has 0 unspecified atom stereocenters. The normalized spacial score (nSPS) is 14.8. The number of benzene rings is 2. The Balaban J connectivity index is 1.89. The monoisotopic (exact) mass is 385 g/mol. The maximum Gasteiger partial charge on any atom is 0.286 e. The first-order valence-corrected chi connectivity index (χ1v) is 9.47. The third-order valence-corrected chi connectivity index (χ3v) is 5.63. The Morgan fingerprint density at radius 3 is 1.93 bits per heavy atom. The lowest BCUT2D eigenvalue weighted by molar-refractivity contribution is -0.168. The highest BCUT2D eigenvalue weighted by Crippen LogP contribution is 2.41. The molecule has 2 aromatic heterocycles. The fourth-order valence-corrected chi connectivity index (χ4v) is 4.27. The Bertz CT molecular complexity index is 1360. The van der Waals surface area contributed by atoms with Crippen molar-refractivity contribution in [2.45, 2.75) is 13.5 Å². The summed E-state index contributed by atoms with van der Waals surface area (Å²) >= 11 is 0. The van der Waals surface area contributed by atoms with Crippen molar-refractivity contribution in [1.29, 1.82) is 0 Å². The third kappa shape index (κ3) is 2.33. The van der Waals surface area contributed by atoms with E-state index in [2.05, 4.69) is 0 Å². The highest BCUT2D eigenvalue weighted by atomic mass is 16.5. The Hall–Kier alpha value is -3.64. The van der Waals surface area contributed by atoms with Gasteiger partial charge in [0.2, 0.25) is 0 Å². The minimum Gasteiger partial charge on any atom is -0.350 e. The molecule has 0 radical (unpaired) electrons. The minimum atomic E-state index is -0.699. The predicted molar refractivity (Wildman–Crippen MR) is 111 cm³/mol. The van der Waals surface area contributed by atoms with Gasteiger partial charge in [-0.15, -0.1) is 5.06 Å². The third-order valence-electron chi connectivity index (χ3n) is 5.63. The smallest absolute Gasteiger partial charge is 0.286 e. The molecule has 1 aliphatic rings. The average molecular weight is 385 g/mol. The van der Waals surface area contributed by atoms with Crippen molar-refractivity contribution >= 4 is 44.8 Å². The molecular weight excluding hydrogens is 366 g/mol. The van der Waals surface area contributed by atoms with Gasteiger partial charge in [0.25, 0.3) is 11.8 Å². The van der Waals surface area contributed by atoms with Gasteiger partial charge in [0, 0.05) is 58.9 Å². The molecule has 2 amide bonds. The van der Waals surface area contributed by atoms with Gasteiger partial charge in [-0.05, 0) is 19.1 Å². The van der Waals surface area contributed by atoms with Crippen LogP contribution in [0.15, 0.2) is 60.9 Å². The predicted octanol–water partition coefficient (Wildman–Crippen LogP) is 3.82. The molecule has 3 heterocycles. The summed E-state index contributed by atoms with van der Waals surface area (Å²) in [5.74, 6) is -1.40. The van der Waals surface area contributed by atoms with E-state index in [9.17, 15) is 14.8 Å². The van der Waals surface area contributed by atoms with E-state index in [1.54, 1.807) is 0 Å². The van der Waals surface area contributed by atoms with E-state index in [-0.39, 0.29) is 16.2 Å². The second-order valence-electron chi connectivity index (χ2n) is 7.19. The van der Waals surface area contributed by atoms with Crippen LogP contribution in [-0.2, 0) is 23.2 Å². The molecule has 4 aromatic rings. The Morgan fingerprint density at radius 2 is 1.31 bits per heavy atom. The van der Waals surface area contributed by atoms with Crippen molar-refractivity contribution in [3.8, 4) is 0 Å². The molecule has 0 atom stereocenters. The van der Waals surface area contributed by atoms with Crippen LogP contribution in [0.1, 0.15) is 18.1 Å². The van der Waals surface area contributed by atoms with Crippen LogP contribution >= 0.6 is 0 Å². The highest BCUT2D eigenvalue weighted by molar-refractivity contribution is 6.50. The number of para-hydroxylation sites is 2. The fraction of sp³-hybridized carbons (Fsp3) is 0.130. The summed E-state index contributed by atoms with van der Waals surface area (Å²) in [5.41, 5.74) is 3.68. The molecule has 0 bridgehead atoms. The molecule has 0 saturated heterocycles. The first-order chi connectivity index (χ1) is 14.0. The van der Waals surface area contributed by atoms with Crippen molar-refractivity contribution in [2.24, 2.45) is 7.05 Å². The van der Waals surface area contributed by atoms with Crippen molar-refractivity contribution in [2.75, 3.05) is 0 Å². The molecule has 29 heavy (non-hydrogen) atoms. The van der Waals surface area contributed by atoms with Crippen molar-refractivity contribution in [3.63, 3.8) is 0 Å². The largest absolute Gasteiger partial charge is 0.350 e. The first-order valence-electron chi connectivity index (χ1n) is 9.47. The molecule has 144 valence electrons. The summed E-state index contributed by atoms with van der Waals surface area (Å²) in [6.07, 6.45) is 3.72. The molecular formula is C23H19N3O3. The number of imide groups is 1. The van der Waals surface area contributed by atoms with Gasteiger partial charge in [-0.3, -0.25) is 14.8 Å². The van der Waals surface area contributed by atoms with Gasteiger partial charge < -0.3 is 9.13 Å². The van der Waals surface area contributed by atoms with Crippen LogP contribution in [0.3, 0.4) is 0 Å². The lowest BCUT2D eigenvalue weighted by Gasteiger charge is -2.03. The zero-order valence-electron chi connectivity index (χ0n) is 16.1. The van der Waals surface area contributed by atoms with Crippen molar-refractivity contribution in [1.82, 2.24) is 14.2 Å². The molecule has 0 aliphatic carbocycles. The number of nitrogens with zero attached hydrogens (tertiary/aromatic N) is 3. The van der Waals surface area contributed by atoms with Crippen LogP contribution in [0.4, 0.5) is 0 Å². The minimum absolute atomic E-state index is 0.227. The number of hydroxylamine groups is 2. The number of aryl methyl sites for hydroxylation is 2. The number of rotatable bonds is 3. The Morgan fingerprint density at radius 1 is 0.793 bits per heavy atom. The van der Waals surface area contributed by atoms with E-state index in [1.165, 1.54) is 0 Å². The summed E-state index contributed by atoms with van der Waals surface area (Å²) in [6, 6.07) is 15.5. The van der Waals surface area contributed by atoms with Crippen LogP contribution in [-0.4, -0.2) is 31.2 Å². The van der Waals surface area contributed by atoms with Crippen molar-refractivity contribution in [3.05, 3.63) is 72.1 Å². The van der Waals surface area contributed by atoms with Gasteiger partial charge in [0.05, 0.1) is 11.1 Å². The molecule has 0 fully saturated rings. The highest BCUT2D eigenvalue weighted by Gasteiger charge is 2.41. The standard InChI is InChI=1S/C23H19N3O3/c1-3-25-13-17(15-9-5-7-11-19(15)25)21-20(22(27)26(29)23(21)28)16-12-24(2)18-10-6-4-8-14(16)18/h4-13,29H,3H2,1-2H3. The van der Waals surface area contributed by atoms with Gasteiger partial charge >= 0.3 is 0 Å². The lowest BCUT2D eigenvalue weighted by Crippen LogP contribution is -2.27. The number of aromatic nitrogens is 2. The van der Waals surface area contributed by atoms with Gasteiger partial charge in [-0.2, -0.15) is 0 Å². The average Bonchev–Trinajstić information content (AvgIpc) is 3.35. The van der Waals surface area contributed by atoms with Gasteiger partial charge in [-0.25, -0.2) is 0 Å². The van der Waals surface area contributed by atoms with E-state index >= 15 is 0 Å². The molecule has 6 heteroatoms. The van der Waals surface area contributed by atoms with Crippen LogP contribution in [0.2, 0.25) is 0 Å². The number of amides is 2. The SMILES string of the molecule is CCn1cc(C2=C(c3cn(C)c4ccccc34)C(=O)N(O)C2=O)c2ccccc21. The fourth-order valence-electron chi connectivity index (χ4n) is 4.27. The Kier molecular flexibility index (Phi) is 3.72. The summed E-state index contributed by atoms with van der Waals surface area (Å²) in [4.78, 5) is 25.9. The first kappa shape index (κ1) is 17.5. The van der Waals surface area contributed by atoms with E-state index in [4.69, 9.17) is 0 Å². The van der Waals surface area contributed by atoms with Crippen LogP contribution in [0, 0.1) is 0 Å². The van der Waals surface area contributed by atoms with Crippen LogP contribution < -0.4 is 0 Å². The number of hydrogen-bond donors (Lipinski definition) is 1. The number of carbonyl (C=O) groups is 2. The molecule has 6 nitrogen and oxygen atoms in total. The summed E-state index contributed by atoms with van der Waals surface area (Å²) in [6.45, 7) is 2.75. The van der Waals surface area contributed by atoms with Gasteiger partial charge in [0.1, 0.15) is 0 Å². The van der Waals surface area contributed by atoms with E-state index in [0.29, 0.717) is 11.1 Å². The molecule has 2 aromatic carbocycles.